The van der Waals surface area contributed by atoms with Crippen molar-refractivity contribution in [1.29, 1.82) is 0 Å². The first-order chi connectivity index (χ1) is 13.0. The van der Waals surface area contributed by atoms with Crippen molar-refractivity contribution >= 4 is 51.9 Å². The molecular weight excluding hydrogens is 409 g/mol. The van der Waals surface area contributed by atoms with Crippen molar-refractivity contribution in [2.75, 3.05) is 6.61 Å². The van der Waals surface area contributed by atoms with Gasteiger partial charge < -0.3 is 14.8 Å². The number of halogens is 2. The van der Waals surface area contributed by atoms with E-state index in [1.807, 2.05) is 6.92 Å². The zero-order valence-electron chi connectivity index (χ0n) is 14.3. The average molecular weight is 424 g/mol. The van der Waals surface area contributed by atoms with Gasteiger partial charge in [-0.3, -0.25) is 4.79 Å². The number of thiocarbonyl (C=S) groups is 1. The maximum Gasteiger partial charge on any atom is 0.263 e. The standard InChI is InChI=1S/C19H15ClFNO3S2/c1-2-24-15-8-11(9-16-18(23)22-19(26)27-16)7-13(20)17(15)25-10-12-5-3-4-6-14(12)21/h3-9H,2,10H2,1H3,(H,22,23,26)/b16-9+. The lowest BCUT2D eigenvalue weighted by atomic mass is 10.1. The molecule has 0 atom stereocenters. The van der Waals surface area contributed by atoms with Gasteiger partial charge in [-0.1, -0.05) is 53.8 Å². The molecule has 2 aromatic rings. The molecule has 0 saturated carbocycles. The molecule has 1 N–H and O–H groups in total. The second-order valence-electron chi connectivity index (χ2n) is 5.50. The Morgan fingerprint density at radius 2 is 2.07 bits per heavy atom. The lowest BCUT2D eigenvalue weighted by molar-refractivity contribution is -0.115. The van der Waals surface area contributed by atoms with Gasteiger partial charge in [-0.2, -0.15) is 0 Å². The SMILES string of the molecule is CCOc1cc(/C=C2/SC(=S)NC2=O)cc(Cl)c1OCc1ccccc1F. The quantitative estimate of drug-likeness (QED) is 0.526. The average Bonchev–Trinajstić information content (AvgIpc) is 2.93. The van der Waals surface area contributed by atoms with Crippen LogP contribution in [-0.2, 0) is 11.4 Å². The second kappa shape index (κ2) is 8.73. The number of carbonyl (C=O) groups excluding carboxylic acids is 1. The lowest BCUT2D eigenvalue weighted by Gasteiger charge is -2.15. The minimum atomic E-state index is -0.354. The van der Waals surface area contributed by atoms with Gasteiger partial charge in [0.25, 0.3) is 5.91 Å². The van der Waals surface area contributed by atoms with E-state index in [1.165, 1.54) is 17.8 Å². The van der Waals surface area contributed by atoms with E-state index in [-0.39, 0.29) is 18.3 Å². The van der Waals surface area contributed by atoms with E-state index >= 15 is 0 Å². The normalized spacial score (nSPS) is 15.1. The molecule has 0 unspecified atom stereocenters. The predicted molar refractivity (Wildman–Crippen MR) is 110 cm³/mol. The smallest absolute Gasteiger partial charge is 0.263 e. The van der Waals surface area contributed by atoms with Crippen molar-refractivity contribution in [3.8, 4) is 11.5 Å². The number of benzene rings is 2. The number of carbonyl (C=O) groups is 1. The molecule has 1 saturated heterocycles. The number of nitrogens with one attached hydrogen (secondary N) is 1. The molecule has 3 rings (SSSR count). The van der Waals surface area contributed by atoms with Gasteiger partial charge in [0.15, 0.2) is 11.5 Å². The maximum atomic E-state index is 13.8. The Morgan fingerprint density at radius 1 is 1.30 bits per heavy atom. The van der Waals surface area contributed by atoms with Crippen LogP contribution in [0.15, 0.2) is 41.3 Å². The van der Waals surface area contributed by atoms with Crippen LogP contribution in [0.1, 0.15) is 18.1 Å². The Labute approximate surface area is 170 Å². The summed E-state index contributed by atoms with van der Waals surface area (Å²) in [7, 11) is 0. The third-order valence-corrected chi connectivity index (χ3v) is 5.04. The first-order valence-corrected chi connectivity index (χ1v) is 9.65. The summed E-state index contributed by atoms with van der Waals surface area (Å²) in [6, 6.07) is 9.73. The highest BCUT2D eigenvalue weighted by atomic mass is 35.5. The zero-order valence-corrected chi connectivity index (χ0v) is 16.6. The van der Waals surface area contributed by atoms with Crippen molar-refractivity contribution in [1.82, 2.24) is 5.32 Å². The molecule has 4 nitrogen and oxygen atoms in total. The van der Waals surface area contributed by atoms with Crippen molar-refractivity contribution in [2.45, 2.75) is 13.5 Å². The summed E-state index contributed by atoms with van der Waals surface area (Å²) in [5, 5.41) is 2.86. The first-order valence-electron chi connectivity index (χ1n) is 8.05. The predicted octanol–water partition coefficient (Wildman–Crippen LogP) is 4.95. The minimum Gasteiger partial charge on any atom is -0.490 e. The Kier molecular flexibility index (Phi) is 6.36. The fourth-order valence-corrected chi connectivity index (χ4v) is 3.73. The van der Waals surface area contributed by atoms with E-state index in [4.69, 9.17) is 33.3 Å². The van der Waals surface area contributed by atoms with E-state index in [9.17, 15) is 9.18 Å². The highest BCUT2D eigenvalue weighted by molar-refractivity contribution is 8.26. The number of hydrogen-bond donors (Lipinski definition) is 1. The number of amides is 1. The maximum absolute atomic E-state index is 13.8. The minimum absolute atomic E-state index is 0.0133. The summed E-state index contributed by atoms with van der Waals surface area (Å²) in [5.41, 5.74) is 1.08. The highest BCUT2D eigenvalue weighted by Gasteiger charge is 2.22. The van der Waals surface area contributed by atoms with E-state index in [0.29, 0.717) is 43.5 Å². The number of rotatable bonds is 6. The molecule has 8 heteroatoms. The molecule has 1 aliphatic rings. The van der Waals surface area contributed by atoms with E-state index in [1.54, 1.807) is 36.4 Å². The second-order valence-corrected chi connectivity index (χ2v) is 7.62. The molecule has 0 bridgehead atoms. The molecule has 140 valence electrons. The molecule has 27 heavy (non-hydrogen) atoms. The van der Waals surface area contributed by atoms with Crippen molar-refractivity contribution in [2.24, 2.45) is 0 Å². The molecule has 1 aliphatic heterocycles. The van der Waals surface area contributed by atoms with Gasteiger partial charge in [-0.05, 0) is 36.8 Å². The number of ether oxygens (including phenoxy) is 2. The Bertz CT molecular complexity index is 933. The zero-order chi connectivity index (χ0) is 19.4. The Balaban J connectivity index is 1.88. The third-order valence-electron chi connectivity index (χ3n) is 3.60. The number of thioether (sulfide) groups is 1. The van der Waals surface area contributed by atoms with Crippen molar-refractivity contribution in [3.63, 3.8) is 0 Å². The summed E-state index contributed by atoms with van der Waals surface area (Å²) < 4.78 is 25.6. The van der Waals surface area contributed by atoms with E-state index < -0.39 is 0 Å². The van der Waals surface area contributed by atoms with Gasteiger partial charge in [0.05, 0.1) is 16.5 Å². The van der Waals surface area contributed by atoms with Crippen LogP contribution in [0.4, 0.5) is 4.39 Å². The Hall–Kier alpha value is -2.09. The van der Waals surface area contributed by atoms with Crippen molar-refractivity contribution < 1.29 is 18.7 Å². The third kappa shape index (κ3) is 4.80. The van der Waals surface area contributed by atoms with Gasteiger partial charge in [-0.25, -0.2) is 4.39 Å². The van der Waals surface area contributed by atoms with Crippen LogP contribution in [0.3, 0.4) is 0 Å². The fraction of sp³-hybridized carbons (Fsp3) is 0.158. The molecule has 1 fully saturated rings. The molecule has 0 aliphatic carbocycles. The van der Waals surface area contributed by atoms with Gasteiger partial charge in [0.2, 0.25) is 0 Å². The molecule has 0 spiro atoms. The largest absolute Gasteiger partial charge is 0.490 e. The molecule has 1 heterocycles. The van der Waals surface area contributed by atoms with Crippen LogP contribution in [0.2, 0.25) is 5.02 Å². The summed E-state index contributed by atoms with van der Waals surface area (Å²) in [6.07, 6.45) is 1.67. The lowest BCUT2D eigenvalue weighted by Crippen LogP contribution is -2.17. The van der Waals surface area contributed by atoms with Crippen LogP contribution in [-0.4, -0.2) is 16.8 Å². The van der Waals surface area contributed by atoms with Gasteiger partial charge >= 0.3 is 0 Å². The molecular formula is C19H15ClFNO3S2. The van der Waals surface area contributed by atoms with Crippen LogP contribution in [0.5, 0.6) is 11.5 Å². The fourth-order valence-electron chi connectivity index (χ4n) is 2.41. The van der Waals surface area contributed by atoms with Gasteiger partial charge in [0, 0.05) is 5.56 Å². The van der Waals surface area contributed by atoms with Crippen LogP contribution in [0, 0.1) is 5.82 Å². The van der Waals surface area contributed by atoms with Gasteiger partial charge in [0.1, 0.15) is 16.7 Å². The molecule has 2 aromatic carbocycles. The van der Waals surface area contributed by atoms with Gasteiger partial charge in [-0.15, -0.1) is 0 Å². The van der Waals surface area contributed by atoms with E-state index in [0.717, 1.165) is 0 Å². The first kappa shape index (κ1) is 19.7. The highest BCUT2D eigenvalue weighted by Crippen LogP contribution is 2.38. The number of hydrogen-bond acceptors (Lipinski definition) is 5. The van der Waals surface area contributed by atoms with Crippen LogP contribution in [0.25, 0.3) is 6.08 Å². The molecule has 0 radical (unpaired) electrons. The topological polar surface area (TPSA) is 47.6 Å². The van der Waals surface area contributed by atoms with Crippen molar-refractivity contribution in [3.05, 3.63) is 63.3 Å². The monoisotopic (exact) mass is 423 g/mol. The Morgan fingerprint density at radius 3 is 2.74 bits per heavy atom. The van der Waals surface area contributed by atoms with E-state index in [2.05, 4.69) is 5.32 Å². The molecule has 0 aromatic heterocycles. The molecule has 1 amide bonds. The summed E-state index contributed by atoms with van der Waals surface area (Å²) in [5.74, 6) is 0.134. The van der Waals surface area contributed by atoms with Crippen LogP contribution < -0.4 is 14.8 Å². The summed E-state index contributed by atoms with van der Waals surface area (Å²) >= 11 is 12.5. The summed E-state index contributed by atoms with van der Waals surface area (Å²) in [4.78, 5) is 12.3. The summed E-state index contributed by atoms with van der Waals surface area (Å²) in [6.45, 7) is 2.24. The van der Waals surface area contributed by atoms with Crippen LogP contribution >= 0.6 is 35.6 Å².